The van der Waals surface area contributed by atoms with Crippen molar-refractivity contribution in [2.45, 2.75) is 30.6 Å². The summed E-state index contributed by atoms with van der Waals surface area (Å²) >= 11 is 1.01. The van der Waals surface area contributed by atoms with E-state index < -0.39 is 15.4 Å². The molecule has 0 aliphatic rings. The molecule has 1 amide bonds. The maximum Gasteiger partial charge on any atom is 0.271 e. The lowest BCUT2D eigenvalue weighted by Crippen LogP contribution is -2.41. The number of rotatable bonds is 4. The molecule has 0 unspecified atom stereocenters. The van der Waals surface area contributed by atoms with Crippen molar-refractivity contribution in [1.82, 2.24) is 10.3 Å². The summed E-state index contributed by atoms with van der Waals surface area (Å²) in [6.07, 6.45) is 1.08. The van der Waals surface area contributed by atoms with E-state index in [1.54, 1.807) is 6.92 Å². The molecule has 118 valence electrons. The van der Waals surface area contributed by atoms with Gasteiger partial charge in [-0.25, -0.2) is 13.4 Å². The monoisotopic (exact) mass is 338 g/mol. The Hall–Kier alpha value is -1.73. The van der Waals surface area contributed by atoms with Crippen LogP contribution >= 0.6 is 11.3 Å². The Labute approximate surface area is 134 Å². The topological polar surface area (TPSA) is 76.1 Å². The van der Waals surface area contributed by atoms with Crippen LogP contribution < -0.4 is 5.32 Å². The van der Waals surface area contributed by atoms with Gasteiger partial charge in [0.05, 0.1) is 5.54 Å². The van der Waals surface area contributed by atoms with Crippen LogP contribution in [0.15, 0.2) is 34.7 Å². The summed E-state index contributed by atoms with van der Waals surface area (Å²) in [5.41, 5.74) is 0.536. The van der Waals surface area contributed by atoms with E-state index in [4.69, 9.17) is 0 Å². The fraction of sp³-hybridized carbons (Fsp3) is 0.333. The Balaban J connectivity index is 2.28. The first-order valence-electron chi connectivity index (χ1n) is 6.67. The van der Waals surface area contributed by atoms with Crippen LogP contribution in [0.1, 0.15) is 34.8 Å². The number of sulfone groups is 1. The zero-order valence-corrected chi connectivity index (χ0v) is 14.5. The molecule has 1 aromatic heterocycles. The van der Waals surface area contributed by atoms with Gasteiger partial charge in [0.15, 0.2) is 0 Å². The lowest BCUT2D eigenvalue weighted by molar-refractivity contribution is 0.0906. The third-order valence-electron chi connectivity index (χ3n) is 3.23. The van der Waals surface area contributed by atoms with Gasteiger partial charge < -0.3 is 5.32 Å². The third-order valence-corrected chi connectivity index (χ3v) is 5.88. The van der Waals surface area contributed by atoms with E-state index in [1.165, 1.54) is 0 Å². The molecule has 0 radical (unpaired) electrons. The molecule has 5 nitrogen and oxygen atoms in total. The fourth-order valence-corrected chi connectivity index (χ4v) is 3.88. The first-order valence-corrected chi connectivity index (χ1v) is 9.37. The number of carbonyl (C=O) groups excluding carboxylic acids is 1. The van der Waals surface area contributed by atoms with Gasteiger partial charge in [-0.15, -0.1) is 11.3 Å². The Bertz CT molecular complexity index is 793. The normalized spacial score (nSPS) is 12.2. The SMILES string of the molecule is Cc1sc(S(C)(=O)=O)nc1C(=O)NC(C)(C)c1ccccc1. The molecule has 0 atom stereocenters. The van der Waals surface area contributed by atoms with Crippen molar-refractivity contribution < 1.29 is 13.2 Å². The van der Waals surface area contributed by atoms with Crippen LogP contribution in [0, 0.1) is 6.92 Å². The maximum absolute atomic E-state index is 12.4. The molecular weight excluding hydrogens is 320 g/mol. The molecule has 0 saturated heterocycles. The minimum absolute atomic E-state index is 0.0346. The molecule has 0 saturated carbocycles. The zero-order valence-electron chi connectivity index (χ0n) is 12.9. The second kappa shape index (κ2) is 5.81. The van der Waals surface area contributed by atoms with E-state index in [-0.39, 0.29) is 15.9 Å². The predicted octanol–water partition coefficient (Wildman–Crippen LogP) is 2.52. The molecule has 2 rings (SSSR count). The third kappa shape index (κ3) is 3.53. The predicted molar refractivity (Wildman–Crippen MR) is 86.9 cm³/mol. The Morgan fingerprint density at radius 3 is 2.32 bits per heavy atom. The van der Waals surface area contributed by atoms with Crippen LogP contribution in [-0.4, -0.2) is 25.6 Å². The lowest BCUT2D eigenvalue weighted by atomic mass is 9.94. The van der Waals surface area contributed by atoms with E-state index >= 15 is 0 Å². The van der Waals surface area contributed by atoms with Crippen LogP contribution in [0.5, 0.6) is 0 Å². The molecule has 0 spiro atoms. The van der Waals surface area contributed by atoms with Gasteiger partial charge in [0.1, 0.15) is 5.69 Å². The molecule has 1 aromatic carbocycles. The van der Waals surface area contributed by atoms with E-state index in [9.17, 15) is 13.2 Å². The highest BCUT2D eigenvalue weighted by Crippen LogP contribution is 2.24. The number of thiazole rings is 1. The van der Waals surface area contributed by atoms with Crippen molar-refractivity contribution in [3.05, 3.63) is 46.5 Å². The zero-order chi connectivity index (χ0) is 16.5. The van der Waals surface area contributed by atoms with Gasteiger partial charge in [0.25, 0.3) is 5.91 Å². The summed E-state index contributed by atoms with van der Waals surface area (Å²) in [5.74, 6) is -0.377. The van der Waals surface area contributed by atoms with E-state index in [2.05, 4.69) is 10.3 Å². The molecule has 1 N–H and O–H groups in total. The van der Waals surface area contributed by atoms with Crippen molar-refractivity contribution >= 4 is 27.1 Å². The van der Waals surface area contributed by atoms with Crippen molar-refractivity contribution in [2.75, 3.05) is 6.26 Å². The lowest BCUT2D eigenvalue weighted by Gasteiger charge is -2.26. The van der Waals surface area contributed by atoms with Gasteiger partial charge in [-0.2, -0.15) is 0 Å². The molecule has 0 aliphatic carbocycles. The standard InChI is InChI=1S/C15H18N2O3S2/c1-10-12(16-14(21-10)22(4,19)20)13(18)17-15(2,3)11-8-6-5-7-9-11/h5-9H,1-4H3,(H,17,18). The van der Waals surface area contributed by atoms with Crippen LogP contribution in [0.4, 0.5) is 0 Å². The summed E-state index contributed by atoms with van der Waals surface area (Å²) in [6, 6.07) is 9.56. The number of nitrogens with zero attached hydrogens (tertiary/aromatic N) is 1. The number of hydrogen-bond donors (Lipinski definition) is 1. The number of aryl methyl sites for hydroxylation is 1. The average Bonchev–Trinajstić information content (AvgIpc) is 2.81. The number of hydrogen-bond acceptors (Lipinski definition) is 5. The number of aromatic nitrogens is 1. The van der Waals surface area contributed by atoms with Crippen molar-refractivity contribution in [3.63, 3.8) is 0 Å². The van der Waals surface area contributed by atoms with Gasteiger partial charge >= 0.3 is 0 Å². The molecule has 7 heteroatoms. The fourth-order valence-electron chi connectivity index (χ4n) is 2.01. The first kappa shape index (κ1) is 16.6. The van der Waals surface area contributed by atoms with Crippen LogP contribution in [-0.2, 0) is 15.4 Å². The maximum atomic E-state index is 12.4. The minimum atomic E-state index is -3.41. The smallest absolute Gasteiger partial charge is 0.271 e. The van der Waals surface area contributed by atoms with E-state index in [0.717, 1.165) is 23.2 Å². The molecule has 2 aromatic rings. The van der Waals surface area contributed by atoms with Crippen molar-refractivity contribution in [1.29, 1.82) is 0 Å². The molecule has 0 aliphatic heterocycles. The Morgan fingerprint density at radius 2 is 1.82 bits per heavy atom. The number of benzene rings is 1. The van der Waals surface area contributed by atoms with E-state index in [0.29, 0.717) is 4.88 Å². The highest BCUT2D eigenvalue weighted by atomic mass is 32.2. The van der Waals surface area contributed by atoms with Gasteiger partial charge in [-0.1, -0.05) is 30.3 Å². The van der Waals surface area contributed by atoms with Gasteiger partial charge in [-0.05, 0) is 26.3 Å². The van der Waals surface area contributed by atoms with Gasteiger partial charge in [0.2, 0.25) is 14.2 Å². The molecule has 0 bridgehead atoms. The molecular formula is C15H18N2O3S2. The Morgan fingerprint density at radius 1 is 1.23 bits per heavy atom. The first-order chi connectivity index (χ1) is 10.1. The quantitative estimate of drug-likeness (QED) is 0.929. The summed E-state index contributed by atoms with van der Waals surface area (Å²) in [6.45, 7) is 5.47. The number of nitrogens with one attached hydrogen (secondary N) is 1. The van der Waals surface area contributed by atoms with Crippen LogP contribution in [0.25, 0.3) is 0 Å². The number of amides is 1. The van der Waals surface area contributed by atoms with Gasteiger partial charge in [-0.3, -0.25) is 4.79 Å². The summed E-state index contributed by atoms with van der Waals surface area (Å²) in [7, 11) is -3.41. The molecule has 1 heterocycles. The van der Waals surface area contributed by atoms with Crippen molar-refractivity contribution in [3.8, 4) is 0 Å². The van der Waals surface area contributed by atoms with Crippen molar-refractivity contribution in [2.24, 2.45) is 0 Å². The molecule has 0 fully saturated rings. The second-order valence-corrected chi connectivity index (χ2v) is 8.99. The second-order valence-electron chi connectivity index (χ2n) is 5.60. The highest BCUT2D eigenvalue weighted by molar-refractivity contribution is 7.92. The molecule has 22 heavy (non-hydrogen) atoms. The summed E-state index contributed by atoms with van der Waals surface area (Å²) in [5, 5.41) is 2.90. The number of carbonyl (C=O) groups is 1. The summed E-state index contributed by atoms with van der Waals surface area (Å²) in [4.78, 5) is 17.0. The van der Waals surface area contributed by atoms with Crippen LogP contribution in [0.2, 0.25) is 0 Å². The van der Waals surface area contributed by atoms with E-state index in [1.807, 2.05) is 44.2 Å². The Kier molecular flexibility index (Phi) is 4.39. The highest BCUT2D eigenvalue weighted by Gasteiger charge is 2.27. The van der Waals surface area contributed by atoms with Crippen LogP contribution in [0.3, 0.4) is 0 Å². The summed E-state index contributed by atoms with van der Waals surface area (Å²) < 4.78 is 23.1. The largest absolute Gasteiger partial charge is 0.342 e. The average molecular weight is 338 g/mol. The minimum Gasteiger partial charge on any atom is -0.342 e. The van der Waals surface area contributed by atoms with Gasteiger partial charge in [0, 0.05) is 11.1 Å².